The van der Waals surface area contributed by atoms with Crippen LogP contribution in [0.5, 0.6) is 0 Å². The molecule has 2 bridgehead atoms. The first-order valence-corrected chi connectivity index (χ1v) is 8.63. The van der Waals surface area contributed by atoms with Gasteiger partial charge in [-0.25, -0.2) is 9.97 Å². The molecule has 2 aliphatic rings. The number of rotatable bonds is 6. The molecule has 2 saturated heterocycles. The largest absolute Gasteiger partial charge is 0.332 e. The van der Waals surface area contributed by atoms with Gasteiger partial charge >= 0.3 is 0 Å². The van der Waals surface area contributed by atoms with Crippen LogP contribution in [0, 0.1) is 0 Å². The number of piperazine rings is 1. The lowest BCUT2D eigenvalue weighted by Gasteiger charge is -2.40. The van der Waals surface area contributed by atoms with E-state index < -0.39 is 0 Å². The molecular weight excluding hydrogens is 274 g/mol. The highest BCUT2D eigenvalue weighted by molar-refractivity contribution is 5.37. The Labute approximate surface area is 134 Å². The quantitative estimate of drug-likeness (QED) is 0.798. The van der Waals surface area contributed by atoms with Crippen molar-refractivity contribution in [1.82, 2.24) is 19.8 Å². The molecule has 2 fully saturated rings. The van der Waals surface area contributed by atoms with Crippen molar-refractivity contribution in [2.45, 2.75) is 44.7 Å². The molecule has 0 spiro atoms. The minimum Gasteiger partial charge on any atom is -0.332 e. The van der Waals surface area contributed by atoms with E-state index in [1.807, 2.05) is 12.4 Å². The molecule has 5 nitrogen and oxygen atoms in total. The highest BCUT2D eigenvalue weighted by Gasteiger charge is 2.40. The Balaban J connectivity index is 1.61. The molecule has 0 N–H and O–H groups in total. The van der Waals surface area contributed by atoms with Crippen molar-refractivity contribution in [2.75, 3.05) is 45.2 Å². The van der Waals surface area contributed by atoms with Gasteiger partial charge in [-0.2, -0.15) is 0 Å². The second-order valence-electron chi connectivity index (χ2n) is 6.94. The van der Waals surface area contributed by atoms with Crippen molar-refractivity contribution in [1.29, 1.82) is 0 Å². The second kappa shape index (κ2) is 6.92. The van der Waals surface area contributed by atoms with E-state index in [-0.39, 0.29) is 0 Å². The standard InChI is InChI=1S/C17H29N5/c1-4-21-12-15-7-8-16(13-21)22(15)17-18-10-14(11-19-17)6-5-9-20(2)3/h10-11,15-16H,4-9,12-13H2,1-3H3. The van der Waals surface area contributed by atoms with Gasteiger partial charge in [0.2, 0.25) is 5.95 Å². The average molecular weight is 303 g/mol. The van der Waals surface area contributed by atoms with Crippen LogP contribution in [-0.4, -0.2) is 72.1 Å². The van der Waals surface area contributed by atoms with Crippen molar-refractivity contribution in [3.8, 4) is 0 Å². The molecule has 0 saturated carbocycles. The Morgan fingerprint density at radius 3 is 2.32 bits per heavy atom. The van der Waals surface area contributed by atoms with Gasteiger partial charge in [-0.1, -0.05) is 6.92 Å². The number of nitrogens with zero attached hydrogens (tertiary/aromatic N) is 5. The smallest absolute Gasteiger partial charge is 0.225 e. The van der Waals surface area contributed by atoms with Gasteiger partial charge < -0.3 is 9.80 Å². The Hall–Kier alpha value is -1.20. The Morgan fingerprint density at radius 2 is 1.77 bits per heavy atom. The number of aryl methyl sites for hydroxylation is 1. The average Bonchev–Trinajstić information content (AvgIpc) is 2.78. The summed E-state index contributed by atoms with van der Waals surface area (Å²) in [4.78, 5) is 16.6. The van der Waals surface area contributed by atoms with Crippen molar-refractivity contribution in [2.24, 2.45) is 0 Å². The zero-order valence-electron chi connectivity index (χ0n) is 14.2. The number of fused-ring (bicyclic) bond motifs is 2. The van der Waals surface area contributed by atoms with Crippen LogP contribution in [0.3, 0.4) is 0 Å². The molecule has 2 unspecified atom stereocenters. The third kappa shape index (κ3) is 3.41. The molecule has 3 rings (SSSR count). The van der Waals surface area contributed by atoms with E-state index in [1.54, 1.807) is 0 Å². The SMILES string of the molecule is CCN1CC2CCC(C1)N2c1ncc(CCCN(C)C)cn1. The maximum absolute atomic E-state index is 4.67. The fourth-order valence-corrected chi connectivity index (χ4v) is 3.78. The Kier molecular flexibility index (Phi) is 4.93. The molecule has 2 atom stereocenters. The van der Waals surface area contributed by atoms with Gasteiger partial charge in [0.25, 0.3) is 0 Å². The van der Waals surface area contributed by atoms with Crippen LogP contribution in [0.1, 0.15) is 31.7 Å². The fourth-order valence-electron chi connectivity index (χ4n) is 3.78. The third-order valence-electron chi connectivity index (χ3n) is 5.00. The summed E-state index contributed by atoms with van der Waals surface area (Å²) in [6.07, 6.45) is 8.86. The van der Waals surface area contributed by atoms with Crippen LogP contribution in [-0.2, 0) is 6.42 Å². The maximum atomic E-state index is 4.67. The van der Waals surface area contributed by atoms with E-state index in [4.69, 9.17) is 0 Å². The number of hydrogen-bond donors (Lipinski definition) is 0. The van der Waals surface area contributed by atoms with Crippen molar-refractivity contribution in [3.05, 3.63) is 18.0 Å². The van der Waals surface area contributed by atoms with E-state index in [2.05, 4.69) is 45.7 Å². The number of likely N-dealkylation sites (tertiary alicyclic amines) is 1. The van der Waals surface area contributed by atoms with Crippen LogP contribution in [0.4, 0.5) is 5.95 Å². The molecule has 5 heteroatoms. The summed E-state index contributed by atoms with van der Waals surface area (Å²) in [5.41, 5.74) is 1.25. The number of hydrogen-bond acceptors (Lipinski definition) is 5. The van der Waals surface area contributed by atoms with Crippen LogP contribution in [0.15, 0.2) is 12.4 Å². The number of anilines is 1. The van der Waals surface area contributed by atoms with Crippen molar-refractivity contribution < 1.29 is 0 Å². The first-order chi connectivity index (χ1) is 10.7. The van der Waals surface area contributed by atoms with E-state index >= 15 is 0 Å². The molecule has 0 amide bonds. The Morgan fingerprint density at radius 1 is 1.14 bits per heavy atom. The molecule has 1 aromatic rings. The molecule has 0 radical (unpaired) electrons. The minimum atomic E-state index is 0.610. The summed E-state index contributed by atoms with van der Waals surface area (Å²) in [6, 6.07) is 1.22. The van der Waals surface area contributed by atoms with E-state index in [0.29, 0.717) is 12.1 Å². The normalized spacial score (nSPS) is 25.2. The van der Waals surface area contributed by atoms with Gasteiger partial charge in [-0.3, -0.25) is 4.90 Å². The van der Waals surface area contributed by atoms with Crippen LogP contribution in [0.25, 0.3) is 0 Å². The van der Waals surface area contributed by atoms with Crippen LogP contribution >= 0.6 is 0 Å². The van der Waals surface area contributed by atoms with Crippen LogP contribution < -0.4 is 4.90 Å². The molecular formula is C17H29N5. The van der Waals surface area contributed by atoms with Gasteiger partial charge in [0.15, 0.2) is 0 Å². The predicted octanol–water partition coefficient (Wildman–Crippen LogP) is 1.64. The summed E-state index contributed by atoms with van der Waals surface area (Å²) in [5, 5.41) is 0. The maximum Gasteiger partial charge on any atom is 0.225 e. The number of likely N-dealkylation sites (N-methyl/N-ethyl adjacent to an activating group) is 1. The molecule has 3 heterocycles. The van der Waals surface area contributed by atoms with Gasteiger partial charge in [-0.15, -0.1) is 0 Å². The zero-order valence-corrected chi connectivity index (χ0v) is 14.2. The van der Waals surface area contributed by atoms with Crippen LogP contribution in [0.2, 0.25) is 0 Å². The summed E-state index contributed by atoms with van der Waals surface area (Å²) < 4.78 is 0. The second-order valence-corrected chi connectivity index (χ2v) is 6.94. The van der Waals surface area contributed by atoms with E-state index in [0.717, 1.165) is 31.9 Å². The molecule has 22 heavy (non-hydrogen) atoms. The van der Waals surface area contributed by atoms with Crippen molar-refractivity contribution in [3.63, 3.8) is 0 Å². The van der Waals surface area contributed by atoms with Gasteiger partial charge in [0.1, 0.15) is 0 Å². The lowest BCUT2D eigenvalue weighted by Crippen LogP contribution is -2.54. The van der Waals surface area contributed by atoms with Gasteiger partial charge in [-0.05, 0) is 58.4 Å². The monoisotopic (exact) mass is 303 g/mol. The van der Waals surface area contributed by atoms with Crippen molar-refractivity contribution >= 4 is 5.95 Å². The van der Waals surface area contributed by atoms with Gasteiger partial charge in [0.05, 0.1) is 0 Å². The molecule has 0 aromatic carbocycles. The van der Waals surface area contributed by atoms with Gasteiger partial charge in [0, 0.05) is 37.6 Å². The minimum absolute atomic E-state index is 0.610. The highest BCUT2D eigenvalue weighted by Crippen LogP contribution is 2.32. The molecule has 1 aromatic heterocycles. The summed E-state index contributed by atoms with van der Waals surface area (Å²) in [6.45, 7) is 6.87. The fraction of sp³-hybridized carbons (Fsp3) is 0.765. The topological polar surface area (TPSA) is 35.5 Å². The Bertz CT molecular complexity index is 458. The van der Waals surface area contributed by atoms with E-state index in [9.17, 15) is 0 Å². The molecule has 2 aliphatic heterocycles. The third-order valence-corrected chi connectivity index (χ3v) is 5.00. The number of aromatic nitrogens is 2. The zero-order chi connectivity index (χ0) is 15.5. The first-order valence-electron chi connectivity index (χ1n) is 8.63. The summed E-state index contributed by atoms with van der Waals surface area (Å²) >= 11 is 0. The predicted molar refractivity (Wildman–Crippen MR) is 90.3 cm³/mol. The summed E-state index contributed by atoms with van der Waals surface area (Å²) in [5.74, 6) is 0.944. The molecule has 0 aliphatic carbocycles. The van der Waals surface area contributed by atoms with E-state index in [1.165, 1.54) is 31.5 Å². The lowest BCUT2D eigenvalue weighted by atomic mass is 10.2. The molecule has 122 valence electrons. The first kappa shape index (κ1) is 15.7. The highest BCUT2D eigenvalue weighted by atomic mass is 15.4. The summed E-state index contributed by atoms with van der Waals surface area (Å²) in [7, 11) is 4.23. The lowest BCUT2D eigenvalue weighted by molar-refractivity contribution is 0.228.